The molecule has 0 spiro atoms. The van der Waals surface area contributed by atoms with Crippen molar-refractivity contribution in [2.24, 2.45) is 0 Å². The van der Waals surface area contributed by atoms with Crippen molar-refractivity contribution in [3.05, 3.63) is 47.8 Å². The smallest absolute Gasteiger partial charge is 0.214 e. The van der Waals surface area contributed by atoms with E-state index in [9.17, 15) is 0 Å². The Morgan fingerprint density at radius 1 is 1.29 bits per heavy atom. The molecule has 1 N–H and O–H groups in total. The van der Waals surface area contributed by atoms with Crippen LogP contribution >= 0.6 is 0 Å². The van der Waals surface area contributed by atoms with E-state index in [1.807, 2.05) is 30.5 Å². The Kier molecular flexibility index (Phi) is 3.55. The van der Waals surface area contributed by atoms with Gasteiger partial charge in [0, 0.05) is 25.0 Å². The van der Waals surface area contributed by atoms with E-state index in [1.165, 1.54) is 5.56 Å². The second-order valence-electron chi connectivity index (χ2n) is 3.72. The summed E-state index contributed by atoms with van der Waals surface area (Å²) >= 11 is 0. The van der Waals surface area contributed by atoms with Crippen LogP contribution in [0, 0.1) is 6.92 Å². The van der Waals surface area contributed by atoms with Crippen LogP contribution in [0.15, 0.2) is 36.7 Å². The summed E-state index contributed by atoms with van der Waals surface area (Å²) in [6, 6.07) is 7.63. The van der Waals surface area contributed by atoms with Gasteiger partial charge in [0.2, 0.25) is 5.88 Å². The van der Waals surface area contributed by atoms with E-state index in [4.69, 9.17) is 4.74 Å². The summed E-state index contributed by atoms with van der Waals surface area (Å²) in [6.45, 7) is 2.78. The highest BCUT2D eigenvalue weighted by molar-refractivity contribution is 5.38. The van der Waals surface area contributed by atoms with Crippen LogP contribution in [0.4, 0.5) is 5.82 Å². The van der Waals surface area contributed by atoms with E-state index in [2.05, 4.69) is 22.2 Å². The van der Waals surface area contributed by atoms with Gasteiger partial charge in [0.05, 0.1) is 7.11 Å². The molecular weight excluding hydrogens is 214 g/mol. The van der Waals surface area contributed by atoms with E-state index in [-0.39, 0.29) is 0 Å². The zero-order valence-corrected chi connectivity index (χ0v) is 9.97. The summed E-state index contributed by atoms with van der Waals surface area (Å²) in [7, 11) is 1.61. The Hall–Kier alpha value is -2.10. The maximum absolute atomic E-state index is 5.07. The molecule has 0 aromatic carbocycles. The fraction of sp³-hybridized carbons (Fsp3) is 0.231. The SMILES string of the molecule is COc1cccc(NCc2cnccc2C)n1. The molecule has 0 aliphatic heterocycles. The van der Waals surface area contributed by atoms with Gasteiger partial charge in [-0.2, -0.15) is 4.98 Å². The van der Waals surface area contributed by atoms with Gasteiger partial charge in [0.1, 0.15) is 5.82 Å². The number of nitrogens with zero attached hydrogens (tertiary/aromatic N) is 2. The molecule has 17 heavy (non-hydrogen) atoms. The van der Waals surface area contributed by atoms with Gasteiger partial charge in [-0.3, -0.25) is 4.98 Å². The molecule has 0 unspecified atom stereocenters. The number of anilines is 1. The number of aryl methyl sites for hydroxylation is 1. The summed E-state index contributed by atoms with van der Waals surface area (Å²) in [4.78, 5) is 8.39. The molecule has 0 bridgehead atoms. The first-order chi connectivity index (χ1) is 8.29. The van der Waals surface area contributed by atoms with Crippen molar-refractivity contribution >= 4 is 5.82 Å². The van der Waals surface area contributed by atoms with Crippen LogP contribution in [0.25, 0.3) is 0 Å². The van der Waals surface area contributed by atoms with Gasteiger partial charge in [-0.25, -0.2) is 0 Å². The van der Waals surface area contributed by atoms with Crippen molar-refractivity contribution in [1.29, 1.82) is 0 Å². The van der Waals surface area contributed by atoms with Crippen molar-refractivity contribution in [3.8, 4) is 5.88 Å². The number of rotatable bonds is 4. The molecule has 88 valence electrons. The maximum atomic E-state index is 5.07. The monoisotopic (exact) mass is 229 g/mol. The molecule has 0 atom stereocenters. The van der Waals surface area contributed by atoms with Crippen LogP contribution in [0.3, 0.4) is 0 Å². The molecule has 4 nitrogen and oxygen atoms in total. The lowest BCUT2D eigenvalue weighted by Gasteiger charge is -2.08. The minimum atomic E-state index is 0.609. The number of ether oxygens (including phenoxy) is 1. The molecule has 4 heteroatoms. The lowest BCUT2D eigenvalue weighted by atomic mass is 10.1. The van der Waals surface area contributed by atoms with Gasteiger partial charge in [-0.05, 0) is 30.2 Å². The molecule has 0 fully saturated rings. The average Bonchev–Trinajstić information content (AvgIpc) is 2.38. The molecular formula is C13H15N3O. The minimum absolute atomic E-state index is 0.609. The van der Waals surface area contributed by atoms with Gasteiger partial charge in [-0.15, -0.1) is 0 Å². The summed E-state index contributed by atoms with van der Waals surface area (Å²) in [5.41, 5.74) is 2.38. The Balaban J connectivity index is 2.05. The molecule has 0 amide bonds. The van der Waals surface area contributed by atoms with Crippen LogP contribution in [0.5, 0.6) is 5.88 Å². The van der Waals surface area contributed by atoms with Crippen molar-refractivity contribution in [2.75, 3.05) is 12.4 Å². The highest BCUT2D eigenvalue weighted by Crippen LogP contribution is 2.12. The van der Waals surface area contributed by atoms with Crippen molar-refractivity contribution < 1.29 is 4.74 Å². The van der Waals surface area contributed by atoms with Gasteiger partial charge < -0.3 is 10.1 Å². The number of pyridine rings is 2. The third kappa shape index (κ3) is 2.93. The molecule has 2 rings (SSSR count). The molecule has 2 aromatic rings. The molecule has 0 saturated heterocycles. The highest BCUT2D eigenvalue weighted by atomic mass is 16.5. The normalized spacial score (nSPS) is 10.0. The van der Waals surface area contributed by atoms with Crippen LogP contribution in [0.2, 0.25) is 0 Å². The van der Waals surface area contributed by atoms with Gasteiger partial charge >= 0.3 is 0 Å². The molecule has 0 saturated carbocycles. The highest BCUT2D eigenvalue weighted by Gasteiger charge is 1.99. The van der Waals surface area contributed by atoms with Crippen LogP contribution in [-0.4, -0.2) is 17.1 Å². The minimum Gasteiger partial charge on any atom is -0.481 e. The first-order valence-corrected chi connectivity index (χ1v) is 5.44. The Morgan fingerprint density at radius 2 is 2.18 bits per heavy atom. The molecule has 2 aromatic heterocycles. The van der Waals surface area contributed by atoms with E-state index in [1.54, 1.807) is 13.3 Å². The van der Waals surface area contributed by atoms with Crippen LogP contribution in [0.1, 0.15) is 11.1 Å². The number of hydrogen-bond acceptors (Lipinski definition) is 4. The predicted molar refractivity (Wildman–Crippen MR) is 67.1 cm³/mol. The zero-order chi connectivity index (χ0) is 12.1. The van der Waals surface area contributed by atoms with E-state index < -0.39 is 0 Å². The third-order valence-electron chi connectivity index (χ3n) is 2.54. The first-order valence-electron chi connectivity index (χ1n) is 5.44. The summed E-state index contributed by atoms with van der Waals surface area (Å²) in [5.74, 6) is 1.41. The molecule has 0 aliphatic carbocycles. The summed E-state index contributed by atoms with van der Waals surface area (Å²) in [6.07, 6.45) is 3.66. The van der Waals surface area contributed by atoms with E-state index in [0.717, 1.165) is 11.4 Å². The summed E-state index contributed by atoms with van der Waals surface area (Å²) in [5, 5.41) is 3.25. The second-order valence-corrected chi connectivity index (χ2v) is 3.72. The predicted octanol–water partition coefficient (Wildman–Crippen LogP) is 2.41. The van der Waals surface area contributed by atoms with Crippen molar-refractivity contribution in [2.45, 2.75) is 13.5 Å². The Morgan fingerprint density at radius 3 is 2.94 bits per heavy atom. The third-order valence-corrected chi connectivity index (χ3v) is 2.54. The van der Waals surface area contributed by atoms with Crippen molar-refractivity contribution in [1.82, 2.24) is 9.97 Å². The van der Waals surface area contributed by atoms with Crippen LogP contribution < -0.4 is 10.1 Å². The van der Waals surface area contributed by atoms with Crippen molar-refractivity contribution in [3.63, 3.8) is 0 Å². The fourth-order valence-electron chi connectivity index (χ4n) is 1.49. The number of methoxy groups -OCH3 is 1. The lowest BCUT2D eigenvalue weighted by Crippen LogP contribution is -2.03. The largest absolute Gasteiger partial charge is 0.481 e. The molecule has 0 aliphatic rings. The number of aromatic nitrogens is 2. The second kappa shape index (κ2) is 5.30. The number of hydrogen-bond donors (Lipinski definition) is 1. The average molecular weight is 229 g/mol. The Labute approximate surface area is 101 Å². The summed E-state index contributed by atoms with van der Waals surface area (Å²) < 4.78 is 5.07. The van der Waals surface area contributed by atoms with Gasteiger partial charge in [0.25, 0.3) is 0 Å². The van der Waals surface area contributed by atoms with E-state index >= 15 is 0 Å². The topological polar surface area (TPSA) is 47.0 Å². The van der Waals surface area contributed by atoms with Gasteiger partial charge in [0.15, 0.2) is 0 Å². The Bertz CT molecular complexity index is 500. The molecule has 2 heterocycles. The standard InChI is InChI=1S/C13H15N3O/c1-10-6-7-14-8-11(10)9-15-12-4-3-5-13(16-12)17-2/h3-8H,9H2,1-2H3,(H,15,16). The first kappa shape index (κ1) is 11.4. The lowest BCUT2D eigenvalue weighted by molar-refractivity contribution is 0.398. The number of nitrogens with one attached hydrogen (secondary N) is 1. The quantitative estimate of drug-likeness (QED) is 0.874. The fourth-order valence-corrected chi connectivity index (χ4v) is 1.49. The van der Waals surface area contributed by atoms with Gasteiger partial charge in [-0.1, -0.05) is 6.07 Å². The van der Waals surface area contributed by atoms with E-state index in [0.29, 0.717) is 12.4 Å². The zero-order valence-electron chi connectivity index (χ0n) is 9.97. The maximum Gasteiger partial charge on any atom is 0.214 e. The van der Waals surface area contributed by atoms with Crippen LogP contribution in [-0.2, 0) is 6.54 Å². The molecule has 0 radical (unpaired) electrons.